The number of anilines is 1. The van der Waals surface area contributed by atoms with Crippen molar-refractivity contribution in [2.75, 3.05) is 12.3 Å². The third kappa shape index (κ3) is 2.68. The van der Waals surface area contributed by atoms with Crippen molar-refractivity contribution < 1.29 is 9.47 Å². The smallest absolute Gasteiger partial charge is 0.169 e. The fraction of sp³-hybridized carbons (Fsp3) is 0.143. The molecule has 94 valence electrons. The lowest BCUT2D eigenvalue weighted by atomic mass is 10.3. The monoisotopic (exact) mass is 263 g/mol. The third-order valence-electron chi connectivity index (χ3n) is 2.38. The van der Waals surface area contributed by atoms with E-state index in [4.69, 9.17) is 26.8 Å². The normalized spacial score (nSPS) is 10.1. The maximum Gasteiger partial charge on any atom is 0.169 e. The Balaban J connectivity index is 2.31. The van der Waals surface area contributed by atoms with Gasteiger partial charge >= 0.3 is 0 Å². The van der Waals surface area contributed by atoms with Crippen molar-refractivity contribution in [2.24, 2.45) is 0 Å². The summed E-state index contributed by atoms with van der Waals surface area (Å²) < 4.78 is 11.2. The van der Waals surface area contributed by atoms with E-state index < -0.39 is 0 Å². The Bertz CT molecular complexity index is 543. The van der Waals surface area contributed by atoms with Gasteiger partial charge in [-0.1, -0.05) is 29.8 Å². The predicted octanol–water partition coefficient (Wildman–Crippen LogP) is 4.11. The molecule has 0 bridgehead atoms. The molecule has 0 aliphatic rings. The fourth-order valence-corrected chi connectivity index (χ4v) is 1.70. The molecule has 2 rings (SSSR count). The largest absolute Gasteiger partial charge is 0.490 e. The highest BCUT2D eigenvalue weighted by molar-refractivity contribution is 6.33. The summed E-state index contributed by atoms with van der Waals surface area (Å²) in [6.45, 7) is 2.50. The van der Waals surface area contributed by atoms with Crippen molar-refractivity contribution in [1.82, 2.24) is 0 Å². The summed E-state index contributed by atoms with van der Waals surface area (Å²) in [5.41, 5.74) is 6.28. The molecule has 0 unspecified atom stereocenters. The summed E-state index contributed by atoms with van der Waals surface area (Å²) in [4.78, 5) is 0. The van der Waals surface area contributed by atoms with E-state index in [1.807, 2.05) is 31.2 Å². The summed E-state index contributed by atoms with van der Waals surface area (Å²) in [6, 6.07) is 12.7. The Morgan fingerprint density at radius 3 is 2.39 bits per heavy atom. The maximum absolute atomic E-state index is 5.94. The SMILES string of the molecule is CCOc1ccccc1Oc1cccc(Cl)c1N. The van der Waals surface area contributed by atoms with Crippen molar-refractivity contribution >= 4 is 17.3 Å². The minimum absolute atomic E-state index is 0.422. The van der Waals surface area contributed by atoms with Gasteiger partial charge in [0.1, 0.15) is 0 Å². The van der Waals surface area contributed by atoms with Crippen LogP contribution in [0.3, 0.4) is 0 Å². The molecule has 0 amide bonds. The van der Waals surface area contributed by atoms with Crippen LogP contribution in [0.15, 0.2) is 42.5 Å². The molecular weight excluding hydrogens is 250 g/mol. The molecule has 0 aliphatic carbocycles. The van der Waals surface area contributed by atoms with E-state index >= 15 is 0 Å². The first-order valence-electron chi connectivity index (χ1n) is 5.66. The predicted molar refractivity (Wildman–Crippen MR) is 73.5 cm³/mol. The molecule has 0 radical (unpaired) electrons. The Hall–Kier alpha value is -1.87. The highest BCUT2D eigenvalue weighted by atomic mass is 35.5. The number of para-hydroxylation sites is 3. The molecule has 0 saturated carbocycles. The topological polar surface area (TPSA) is 44.5 Å². The number of hydrogen-bond acceptors (Lipinski definition) is 3. The summed E-state index contributed by atoms with van der Waals surface area (Å²) in [7, 11) is 0. The standard InChI is InChI=1S/C14H14ClNO2/c1-2-17-11-7-3-4-8-12(11)18-13-9-5-6-10(15)14(13)16/h3-9H,2,16H2,1H3. The van der Waals surface area contributed by atoms with Crippen LogP contribution in [0, 0.1) is 0 Å². The van der Waals surface area contributed by atoms with Crippen LogP contribution in [-0.2, 0) is 0 Å². The van der Waals surface area contributed by atoms with E-state index in [0.29, 0.717) is 34.6 Å². The molecule has 4 heteroatoms. The van der Waals surface area contributed by atoms with Crippen molar-refractivity contribution in [3.05, 3.63) is 47.5 Å². The molecule has 2 aromatic rings. The summed E-state index contributed by atoms with van der Waals surface area (Å²) in [5.74, 6) is 1.82. The molecule has 0 aromatic heterocycles. The average Bonchev–Trinajstić information content (AvgIpc) is 2.37. The van der Waals surface area contributed by atoms with Crippen LogP contribution in [-0.4, -0.2) is 6.61 Å². The minimum Gasteiger partial charge on any atom is -0.490 e. The highest BCUT2D eigenvalue weighted by Crippen LogP contribution is 2.36. The second kappa shape index (κ2) is 5.65. The van der Waals surface area contributed by atoms with Gasteiger partial charge in [-0.3, -0.25) is 0 Å². The first-order chi connectivity index (χ1) is 8.72. The van der Waals surface area contributed by atoms with E-state index in [0.717, 1.165) is 0 Å². The van der Waals surface area contributed by atoms with Crippen LogP contribution in [0.25, 0.3) is 0 Å². The Kier molecular flexibility index (Phi) is 3.95. The molecule has 0 saturated heterocycles. The van der Waals surface area contributed by atoms with Crippen LogP contribution in [0.2, 0.25) is 5.02 Å². The second-order valence-electron chi connectivity index (χ2n) is 3.63. The van der Waals surface area contributed by atoms with Gasteiger partial charge in [0.2, 0.25) is 0 Å². The van der Waals surface area contributed by atoms with Gasteiger partial charge in [0, 0.05) is 0 Å². The number of rotatable bonds is 4. The molecule has 2 aromatic carbocycles. The van der Waals surface area contributed by atoms with Crippen molar-refractivity contribution in [1.29, 1.82) is 0 Å². The van der Waals surface area contributed by atoms with Crippen LogP contribution >= 0.6 is 11.6 Å². The van der Waals surface area contributed by atoms with Gasteiger partial charge in [0.15, 0.2) is 17.2 Å². The minimum atomic E-state index is 0.422. The van der Waals surface area contributed by atoms with Gasteiger partial charge in [-0.25, -0.2) is 0 Å². The van der Waals surface area contributed by atoms with Crippen molar-refractivity contribution in [2.45, 2.75) is 6.92 Å². The van der Waals surface area contributed by atoms with Gasteiger partial charge < -0.3 is 15.2 Å². The highest BCUT2D eigenvalue weighted by Gasteiger charge is 2.09. The van der Waals surface area contributed by atoms with Crippen LogP contribution in [0.4, 0.5) is 5.69 Å². The van der Waals surface area contributed by atoms with Crippen LogP contribution in [0.1, 0.15) is 6.92 Å². The molecule has 0 fully saturated rings. The van der Waals surface area contributed by atoms with Crippen molar-refractivity contribution in [3.8, 4) is 17.2 Å². The Labute approximate surface area is 111 Å². The van der Waals surface area contributed by atoms with E-state index in [1.165, 1.54) is 0 Å². The first-order valence-corrected chi connectivity index (χ1v) is 6.04. The zero-order valence-electron chi connectivity index (χ0n) is 10.0. The molecule has 0 atom stereocenters. The van der Waals surface area contributed by atoms with Crippen LogP contribution < -0.4 is 15.2 Å². The number of hydrogen-bond donors (Lipinski definition) is 1. The number of nitrogen functional groups attached to an aromatic ring is 1. The fourth-order valence-electron chi connectivity index (χ4n) is 1.53. The molecule has 18 heavy (non-hydrogen) atoms. The third-order valence-corrected chi connectivity index (χ3v) is 2.71. The zero-order valence-corrected chi connectivity index (χ0v) is 10.8. The number of halogens is 1. The number of ether oxygens (including phenoxy) is 2. The lowest BCUT2D eigenvalue weighted by molar-refractivity contribution is 0.321. The maximum atomic E-state index is 5.94. The summed E-state index contributed by atoms with van der Waals surface area (Å²) in [6.07, 6.45) is 0. The molecule has 3 nitrogen and oxygen atoms in total. The average molecular weight is 264 g/mol. The van der Waals surface area contributed by atoms with E-state index in [9.17, 15) is 0 Å². The van der Waals surface area contributed by atoms with Gasteiger partial charge in [-0.2, -0.15) is 0 Å². The molecule has 0 spiro atoms. The van der Waals surface area contributed by atoms with Gasteiger partial charge in [0.25, 0.3) is 0 Å². The van der Waals surface area contributed by atoms with Gasteiger partial charge in [-0.05, 0) is 31.2 Å². The quantitative estimate of drug-likeness (QED) is 0.844. The lowest BCUT2D eigenvalue weighted by Crippen LogP contribution is -1.97. The summed E-state index contributed by atoms with van der Waals surface area (Å²) >= 11 is 5.94. The Morgan fingerprint density at radius 2 is 1.67 bits per heavy atom. The molecule has 2 N–H and O–H groups in total. The first kappa shape index (κ1) is 12.6. The number of nitrogens with two attached hydrogens (primary N) is 1. The lowest BCUT2D eigenvalue weighted by Gasteiger charge is -2.13. The Morgan fingerprint density at radius 1 is 1.00 bits per heavy atom. The van der Waals surface area contributed by atoms with E-state index in [-0.39, 0.29) is 0 Å². The van der Waals surface area contributed by atoms with E-state index in [2.05, 4.69) is 0 Å². The molecular formula is C14H14ClNO2. The van der Waals surface area contributed by atoms with Gasteiger partial charge in [0.05, 0.1) is 17.3 Å². The molecule has 0 heterocycles. The van der Waals surface area contributed by atoms with E-state index in [1.54, 1.807) is 18.2 Å². The summed E-state index contributed by atoms with van der Waals surface area (Å²) in [5, 5.41) is 0.474. The van der Waals surface area contributed by atoms with Crippen LogP contribution in [0.5, 0.6) is 17.2 Å². The molecule has 0 aliphatic heterocycles. The van der Waals surface area contributed by atoms with Gasteiger partial charge in [-0.15, -0.1) is 0 Å². The van der Waals surface area contributed by atoms with Crippen molar-refractivity contribution in [3.63, 3.8) is 0 Å². The zero-order chi connectivity index (χ0) is 13.0. The number of benzene rings is 2. The second-order valence-corrected chi connectivity index (χ2v) is 4.04.